The zero-order valence-corrected chi connectivity index (χ0v) is 8.90. The van der Waals surface area contributed by atoms with E-state index in [0.29, 0.717) is 11.6 Å². The number of nitrogens with two attached hydrogens (primary N) is 1. The summed E-state index contributed by atoms with van der Waals surface area (Å²) in [6.45, 7) is 1.94. The fraction of sp³-hybridized carbons (Fsp3) is 0.111. The number of nitrogens with zero attached hydrogens (tertiary/aromatic N) is 4. The van der Waals surface area contributed by atoms with Crippen LogP contribution in [-0.2, 0) is 0 Å². The number of imidazole rings is 1. The van der Waals surface area contributed by atoms with E-state index in [1.165, 1.54) is 0 Å². The Kier molecular flexibility index (Phi) is 2.42. The first-order chi connectivity index (χ1) is 7.18. The van der Waals surface area contributed by atoms with Crippen molar-refractivity contribution in [3.63, 3.8) is 0 Å². The van der Waals surface area contributed by atoms with Crippen molar-refractivity contribution >= 4 is 17.2 Å². The van der Waals surface area contributed by atoms with Crippen molar-refractivity contribution in [3.05, 3.63) is 36.0 Å². The maximum Gasteiger partial charge on any atom is 0.173 e. The van der Waals surface area contributed by atoms with Crippen LogP contribution >= 0.6 is 12.2 Å². The maximum absolute atomic E-state index is 5.53. The molecule has 0 aliphatic heterocycles. The quantitative estimate of drug-likeness (QED) is 0.749. The molecule has 2 heterocycles. The van der Waals surface area contributed by atoms with Crippen molar-refractivity contribution in [2.45, 2.75) is 6.92 Å². The third-order valence-electron chi connectivity index (χ3n) is 1.89. The van der Waals surface area contributed by atoms with Crippen LogP contribution in [0.5, 0.6) is 0 Å². The Morgan fingerprint density at radius 1 is 1.53 bits per heavy atom. The molecular formula is C9H9N5S. The van der Waals surface area contributed by atoms with Crippen LogP contribution in [0.1, 0.15) is 11.4 Å². The van der Waals surface area contributed by atoms with Gasteiger partial charge in [0.05, 0.1) is 6.20 Å². The lowest BCUT2D eigenvalue weighted by Gasteiger charge is -2.04. The summed E-state index contributed by atoms with van der Waals surface area (Å²) in [5.74, 6) is 1.18. The van der Waals surface area contributed by atoms with Gasteiger partial charge in [0.2, 0.25) is 0 Å². The van der Waals surface area contributed by atoms with Gasteiger partial charge in [0.15, 0.2) is 11.6 Å². The third-order valence-corrected chi connectivity index (χ3v) is 2.07. The molecule has 0 fully saturated rings. The topological polar surface area (TPSA) is 69.6 Å². The van der Waals surface area contributed by atoms with Crippen molar-refractivity contribution in [2.75, 3.05) is 0 Å². The van der Waals surface area contributed by atoms with Gasteiger partial charge in [0.25, 0.3) is 0 Å². The summed E-state index contributed by atoms with van der Waals surface area (Å²) >= 11 is 4.88. The molecule has 0 aromatic carbocycles. The van der Waals surface area contributed by atoms with E-state index in [4.69, 9.17) is 18.0 Å². The summed E-state index contributed by atoms with van der Waals surface area (Å²) in [6, 6.07) is 1.89. The summed E-state index contributed by atoms with van der Waals surface area (Å²) < 4.78 is 1.71. The molecule has 0 bridgehead atoms. The molecule has 0 radical (unpaired) electrons. The van der Waals surface area contributed by atoms with E-state index in [9.17, 15) is 0 Å². The van der Waals surface area contributed by atoms with E-state index in [-0.39, 0.29) is 4.99 Å². The molecule has 6 heteroatoms. The predicted molar refractivity (Wildman–Crippen MR) is 59.8 cm³/mol. The van der Waals surface area contributed by atoms with Crippen LogP contribution in [0.2, 0.25) is 0 Å². The molecule has 2 rings (SSSR count). The minimum absolute atomic E-state index is 0.239. The highest BCUT2D eigenvalue weighted by Gasteiger charge is 2.08. The van der Waals surface area contributed by atoms with Crippen LogP contribution in [0.25, 0.3) is 5.82 Å². The number of thiocarbonyl (C=S) groups is 1. The SMILES string of the molecule is Cc1cnnc(-n2ccnc2C(N)=S)c1. The summed E-state index contributed by atoms with van der Waals surface area (Å²) in [5, 5.41) is 7.84. The average molecular weight is 219 g/mol. The lowest BCUT2D eigenvalue weighted by molar-refractivity contribution is 0.897. The number of aromatic nitrogens is 4. The zero-order chi connectivity index (χ0) is 10.8. The second-order valence-electron chi connectivity index (χ2n) is 3.08. The molecular weight excluding hydrogens is 210 g/mol. The number of hydrogen-bond donors (Lipinski definition) is 1. The second kappa shape index (κ2) is 3.74. The van der Waals surface area contributed by atoms with E-state index in [2.05, 4.69) is 15.2 Å². The van der Waals surface area contributed by atoms with E-state index in [0.717, 1.165) is 5.56 Å². The summed E-state index contributed by atoms with van der Waals surface area (Å²) in [4.78, 5) is 4.29. The van der Waals surface area contributed by atoms with Crippen LogP contribution in [-0.4, -0.2) is 24.7 Å². The molecule has 0 unspecified atom stereocenters. The maximum atomic E-state index is 5.53. The summed E-state index contributed by atoms with van der Waals surface area (Å²) in [6.07, 6.45) is 5.05. The monoisotopic (exact) mass is 219 g/mol. The zero-order valence-electron chi connectivity index (χ0n) is 8.08. The van der Waals surface area contributed by atoms with Gasteiger partial charge in [-0.2, -0.15) is 5.10 Å². The minimum atomic E-state index is 0.239. The van der Waals surface area contributed by atoms with Crippen LogP contribution < -0.4 is 5.73 Å². The van der Waals surface area contributed by atoms with Gasteiger partial charge in [-0.3, -0.25) is 4.57 Å². The van der Waals surface area contributed by atoms with Crippen LogP contribution in [0, 0.1) is 6.92 Å². The molecule has 0 atom stereocenters. The van der Waals surface area contributed by atoms with Gasteiger partial charge in [0, 0.05) is 12.4 Å². The predicted octanol–water partition coefficient (Wildman–Crippen LogP) is 0.605. The van der Waals surface area contributed by atoms with Crippen molar-refractivity contribution < 1.29 is 0 Å². The Morgan fingerprint density at radius 3 is 3.00 bits per heavy atom. The van der Waals surface area contributed by atoms with Gasteiger partial charge < -0.3 is 5.73 Å². The fourth-order valence-corrected chi connectivity index (χ4v) is 1.39. The van der Waals surface area contributed by atoms with Gasteiger partial charge >= 0.3 is 0 Å². The molecule has 0 saturated carbocycles. The lowest BCUT2D eigenvalue weighted by atomic mass is 10.3. The fourth-order valence-electron chi connectivity index (χ4n) is 1.24. The first-order valence-electron chi connectivity index (χ1n) is 4.31. The molecule has 0 spiro atoms. The molecule has 2 N–H and O–H groups in total. The highest BCUT2D eigenvalue weighted by atomic mass is 32.1. The second-order valence-corrected chi connectivity index (χ2v) is 3.52. The molecule has 0 saturated heterocycles. The number of hydrogen-bond acceptors (Lipinski definition) is 4. The van der Waals surface area contributed by atoms with Gasteiger partial charge in [-0.25, -0.2) is 4.98 Å². The van der Waals surface area contributed by atoms with Crippen molar-refractivity contribution in [1.82, 2.24) is 19.7 Å². The summed E-state index contributed by atoms with van der Waals surface area (Å²) in [7, 11) is 0. The molecule has 0 aliphatic carbocycles. The molecule has 2 aromatic rings. The molecule has 0 aliphatic rings. The Balaban J connectivity index is 2.54. The molecule has 2 aromatic heterocycles. The number of aryl methyl sites for hydroxylation is 1. The Hall–Kier alpha value is -1.82. The van der Waals surface area contributed by atoms with Gasteiger partial charge in [-0.1, -0.05) is 12.2 Å². The van der Waals surface area contributed by atoms with Crippen LogP contribution in [0.15, 0.2) is 24.7 Å². The lowest BCUT2D eigenvalue weighted by Crippen LogP contribution is -2.16. The molecule has 0 amide bonds. The Morgan fingerprint density at radius 2 is 2.33 bits per heavy atom. The van der Waals surface area contributed by atoms with E-state index in [1.807, 2.05) is 13.0 Å². The van der Waals surface area contributed by atoms with Gasteiger partial charge in [0.1, 0.15) is 4.99 Å². The van der Waals surface area contributed by atoms with Crippen LogP contribution in [0.4, 0.5) is 0 Å². The van der Waals surface area contributed by atoms with E-state index < -0.39 is 0 Å². The van der Waals surface area contributed by atoms with Crippen molar-refractivity contribution in [1.29, 1.82) is 0 Å². The largest absolute Gasteiger partial charge is 0.387 e. The minimum Gasteiger partial charge on any atom is -0.387 e. The molecule has 15 heavy (non-hydrogen) atoms. The first kappa shape index (κ1) is 9.72. The average Bonchev–Trinajstić information content (AvgIpc) is 2.65. The van der Waals surface area contributed by atoms with E-state index >= 15 is 0 Å². The Labute approximate surface area is 92.0 Å². The third kappa shape index (κ3) is 1.84. The van der Waals surface area contributed by atoms with E-state index in [1.54, 1.807) is 23.2 Å². The van der Waals surface area contributed by atoms with Crippen molar-refractivity contribution in [2.24, 2.45) is 5.73 Å². The summed E-state index contributed by atoms with van der Waals surface area (Å²) in [5.41, 5.74) is 6.55. The standard InChI is InChI=1S/C9H9N5S/c1-6-4-7(13-12-5-6)14-3-2-11-9(14)8(10)15/h2-5H,1H3,(H2,10,15). The first-order valence-corrected chi connectivity index (χ1v) is 4.72. The molecule has 76 valence electrons. The smallest absolute Gasteiger partial charge is 0.173 e. The van der Waals surface area contributed by atoms with Crippen molar-refractivity contribution in [3.8, 4) is 5.82 Å². The molecule has 5 nitrogen and oxygen atoms in total. The number of rotatable bonds is 2. The highest BCUT2D eigenvalue weighted by molar-refractivity contribution is 7.80. The highest BCUT2D eigenvalue weighted by Crippen LogP contribution is 2.08. The van der Waals surface area contributed by atoms with Gasteiger partial charge in [-0.15, -0.1) is 5.10 Å². The van der Waals surface area contributed by atoms with Crippen LogP contribution in [0.3, 0.4) is 0 Å². The van der Waals surface area contributed by atoms with Gasteiger partial charge in [-0.05, 0) is 18.6 Å². The Bertz CT molecular complexity index is 505. The normalized spacial score (nSPS) is 10.2.